The summed E-state index contributed by atoms with van der Waals surface area (Å²) in [5.41, 5.74) is 2.59. The Balaban J connectivity index is 1.72. The number of nitrogens with one attached hydrogen (secondary N) is 1. The molecule has 0 aliphatic heterocycles. The Bertz CT molecular complexity index is 629. The zero-order chi connectivity index (χ0) is 14.7. The second-order valence-electron chi connectivity index (χ2n) is 5.70. The smallest absolute Gasteiger partial charge is 0.305 e. The zero-order valence-corrected chi connectivity index (χ0v) is 12.5. The second-order valence-corrected chi connectivity index (χ2v) is 5.70. The molecule has 3 rings (SSSR count). The lowest BCUT2D eigenvalue weighted by atomic mass is 10.2. The average Bonchev–Trinajstić information content (AvgIpc) is 3.28. The van der Waals surface area contributed by atoms with Crippen molar-refractivity contribution in [1.82, 2.24) is 9.88 Å². The van der Waals surface area contributed by atoms with Crippen LogP contribution < -0.4 is 5.32 Å². The molecule has 0 spiro atoms. The lowest BCUT2D eigenvalue weighted by Gasteiger charge is -2.04. The molecule has 0 bridgehead atoms. The number of rotatable bonds is 7. The number of para-hydroxylation sites is 1. The highest BCUT2D eigenvalue weighted by Crippen LogP contribution is 2.24. The van der Waals surface area contributed by atoms with Crippen LogP contribution in [-0.2, 0) is 22.6 Å². The predicted octanol–water partition coefficient (Wildman–Crippen LogP) is 2.85. The van der Waals surface area contributed by atoms with Gasteiger partial charge in [-0.05, 0) is 30.9 Å². The number of aromatic nitrogens is 1. The van der Waals surface area contributed by atoms with Gasteiger partial charge in [-0.25, -0.2) is 0 Å². The molecule has 1 saturated carbocycles. The van der Waals surface area contributed by atoms with Crippen LogP contribution in [0.4, 0.5) is 0 Å². The first kappa shape index (κ1) is 14.1. The fourth-order valence-corrected chi connectivity index (χ4v) is 2.69. The summed E-state index contributed by atoms with van der Waals surface area (Å²) >= 11 is 0. The number of carbonyl (C=O) groups excluding carboxylic acids is 1. The highest BCUT2D eigenvalue weighted by molar-refractivity contribution is 5.84. The van der Waals surface area contributed by atoms with Crippen LogP contribution in [0.25, 0.3) is 10.9 Å². The standard InChI is InChI=1S/C17H22N2O2/c1-21-17(20)7-4-10-19-12-13(11-18-14-8-9-14)15-5-2-3-6-16(15)19/h2-3,5-6,12,14,18H,4,7-11H2,1H3. The van der Waals surface area contributed by atoms with Crippen molar-refractivity contribution in [3.63, 3.8) is 0 Å². The number of ether oxygens (including phenoxy) is 1. The highest BCUT2D eigenvalue weighted by atomic mass is 16.5. The van der Waals surface area contributed by atoms with Crippen LogP contribution in [0.15, 0.2) is 30.5 Å². The van der Waals surface area contributed by atoms with E-state index in [0.717, 1.165) is 19.5 Å². The van der Waals surface area contributed by atoms with E-state index in [-0.39, 0.29) is 5.97 Å². The topological polar surface area (TPSA) is 43.3 Å². The predicted molar refractivity (Wildman–Crippen MR) is 83.0 cm³/mol. The van der Waals surface area contributed by atoms with Gasteiger partial charge in [0.15, 0.2) is 0 Å². The summed E-state index contributed by atoms with van der Waals surface area (Å²) in [5.74, 6) is -0.137. The van der Waals surface area contributed by atoms with E-state index in [0.29, 0.717) is 12.5 Å². The molecule has 2 aromatic rings. The molecule has 4 nitrogen and oxygen atoms in total. The zero-order valence-electron chi connectivity index (χ0n) is 12.5. The molecule has 1 aromatic heterocycles. The molecule has 112 valence electrons. The summed E-state index contributed by atoms with van der Waals surface area (Å²) in [6.07, 6.45) is 6.10. The number of hydrogen-bond donors (Lipinski definition) is 1. The molecule has 1 heterocycles. The van der Waals surface area contributed by atoms with Gasteiger partial charge in [0.2, 0.25) is 0 Å². The Kier molecular flexibility index (Phi) is 4.25. The van der Waals surface area contributed by atoms with Crippen molar-refractivity contribution >= 4 is 16.9 Å². The van der Waals surface area contributed by atoms with Gasteiger partial charge < -0.3 is 14.6 Å². The third-order valence-corrected chi connectivity index (χ3v) is 4.04. The van der Waals surface area contributed by atoms with Gasteiger partial charge >= 0.3 is 5.97 Å². The van der Waals surface area contributed by atoms with Crippen LogP contribution in [0.1, 0.15) is 31.2 Å². The third kappa shape index (κ3) is 3.45. The van der Waals surface area contributed by atoms with E-state index in [1.54, 1.807) is 0 Å². The van der Waals surface area contributed by atoms with Crippen molar-refractivity contribution in [2.24, 2.45) is 0 Å². The fraction of sp³-hybridized carbons (Fsp3) is 0.471. The first-order valence-corrected chi connectivity index (χ1v) is 7.65. The van der Waals surface area contributed by atoms with Gasteiger partial charge in [-0.1, -0.05) is 18.2 Å². The van der Waals surface area contributed by atoms with Gasteiger partial charge in [0.1, 0.15) is 0 Å². The third-order valence-electron chi connectivity index (χ3n) is 4.04. The molecule has 0 radical (unpaired) electrons. The van der Waals surface area contributed by atoms with E-state index in [1.165, 1.54) is 36.4 Å². The van der Waals surface area contributed by atoms with Gasteiger partial charge in [0.25, 0.3) is 0 Å². The maximum absolute atomic E-state index is 11.2. The molecule has 0 amide bonds. The monoisotopic (exact) mass is 286 g/mol. The second kappa shape index (κ2) is 6.31. The first-order valence-electron chi connectivity index (χ1n) is 7.65. The molecule has 1 N–H and O–H groups in total. The van der Waals surface area contributed by atoms with Crippen molar-refractivity contribution in [1.29, 1.82) is 0 Å². The number of hydrogen-bond acceptors (Lipinski definition) is 3. The number of benzene rings is 1. The molecule has 1 aliphatic rings. The van der Waals surface area contributed by atoms with E-state index >= 15 is 0 Å². The van der Waals surface area contributed by atoms with Crippen molar-refractivity contribution in [3.8, 4) is 0 Å². The van der Waals surface area contributed by atoms with Gasteiger partial charge in [-0.3, -0.25) is 4.79 Å². The summed E-state index contributed by atoms with van der Waals surface area (Å²) in [5, 5.41) is 4.88. The lowest BCUT2D eigenvalue weighted by Crippen LogP contribution is -2.14. The summed E-state index contributed by atoms with van der Waals surface area (Å²) in [4.78, 5) is 11.2. The molecule has 21 heavy (non-hydrogen) atoms. The van der Waals surface area contributed by atoms with Crippen LogP contribution in [0.2, 0.25) is 0 Å². The molecule has 0 unspecified atom stereocenters. The summed E-state index contributed by atoms with van der Waals surface area (Å²) in [6, 6.07) is 9.19. The molecule has 1 aromatic carbocycles. The van der Waals surface area contributed by atoms with Gasteiger partial charge in [-0.2, -0.15) is 0 Å². The van der Waals surface area contributed by atoms with Crippen molar-refractivity contribution in [2.45, 2.75) is 44.8 Å². The van der Waals surface area contributed by atoms with Crippen molar-refractivity contribution in [2.75, 3.05) is 7.11 Å². The number of methoxy groups -OCH3 is 1. The molecule has 0 saturated heterocycles. The van der Waals surface area contributed by atoms with Crippen LogP contribution >= 0.6 is 0 Å². The Labute approximate surface area is 125 Å². The number of esters is 1. The maximum Gasteiger partial charge on any atom is 0.305 e. The Morgan fingerprint density at radius 1 is 1.38 bits per heavy atom. The molecule has 1 fully saturated rings. The normalized spacial score (nSPS) is 14.5. The maximum atomic E-state index is 11.2. The molecular formula is C17H22N2O2. The summed E-state index contributed by atoms with van der Waals surface area (Å²) in [7, 11) is 1.44. The van der Waals surface area contributed by atoms with E-state index < -0.39 is 0 Å². The van der Waals surface area contributed by atoms with Crippen molar-refractivity contribution < 1.29 is 9.53 Å². The number of nitrogens with zero attached hydrogens (tertiary/aromatic N) is 1. The lowest BCUT2D eigenvalue weighted by molar-refractivity contribution is -0.140. The largest absolute Gasteiger partial charge is 0.469 e. The molecule has 4 heteroatoms. The van der Waals surface area contributed by atoms with Gasteiger partial charge in [-0.15, -0.1) is 0 Å². The number of fused-ring (bicyclic) bond motifs is 1. The minimum absolute atomic E-state index is 0.137. The van der Waals surface area contributed by atoms with Gasteiger partial charge in [0.05, 0.1) is 7.11 Å². The minimum Gasteiger partial charge on any atom is -0.469 e. The number of carbonyl (C=O) groups is 1. The quantitative estimate of drug-likeness (QED) is 0.796. The van der Waals surface area contributed by atoms with Crippen LogP contribution in [0, 0.1) is 0 Å². The molecule has 0 atom stereocenters. The van der Waals surface area contributed by atoms with E-state index in [9.17, 15) is 4.79 Å². The van der Waals surface area contributed by atoms with E-state index in [1.807, 2.05) is 0 Å². The summed E-state index contributed by atoms with van der Waals surface area (Å²) < 4.78 is 6.95. The SMILES string of the molecule is COC(=O)CCCn1cc(CNC2CC2)c2ccccc21. The van der Waals surface area contributed by atoms with Crippen LogP contribution in [0.5, 0.6) is 0 Å². The Morgan fingerprint density at radius 2 is 2.19 bits per heavy atom. The minimum atomic E-state index is -0.137. The Morgan fingerprint density at radius 3 is 2.95 bits per heavy atom. The summed E-state index contributed by atoms with van der Waals surface area (Å²) in [6.45, 7) is 1.77. The molecular weight excluding hydrogens is 264 g/mol. The Hall–Kier alpha value is -1.81. The van der Waals surface area contributed by atoms with E-state index in [4.69, 9.17) is 4.74 Å². The first-order chi connectivity index (χ1) is 10.3. The molecule has 1 aliphatic carbocycles. The van der Waals surface area contributed by atoms with Crippen LogP contribution in [-0.4, -0.2) is 23.7 Å². The number of aryl methyl sites for hydroxylation is 1. The van der Waals surface area contributed by atoms with E-state index in [2.05, 4.69) is 40.3 Å². The average molecular weight is 286 g/mol. The highest BCUT2D eigenvalue weighted by Gasteiger charge is 2.20. The van der Waals surface area contributed by atoms with Crippen LogP contribution in [0.3, 0.4) is 0 Å². The fourth-order valence-electron chi connectivity index (χ4n) is 2.69. The van der Waals surface area contributed by atoms with Gasteiger partial charge in [0, 0.05) is 42.7 Å². The van der Waals surface area contributed by atoms with Crippen molar-refractivity contribution in [3.05, 3.63) is 36.0 Å².